The molecule has 1 heterocycles. The SMILES string of the molecule is Cc1ccc(-n2cc(CC=O)nn2)cc1. The summed E-state index contributed by atoms with van der Waals surface area (Å²) < 4.78 is 1.66. The van der Waals surface area contributed by atoms with E-state index < -0.39 is 0 Å². The molecule has 0 saturated heterocycles. The number of aldehydes is 1. The quantitative estimate of drug-likeness (QED) is 0.703. The molecule has 15 heavy (non-hydrogen) atoms. The molecule has 0 radical (unpaired) electrons. The summed E-state index contributed by atoms with van der Waals surface area (Å²) in [5, 5.41) is 7.83. The Labute approximate surface area is 87.5 Å². The molecule has 4 heteroatoms. The summed E-state index contributed by atoms with van der Waals surface area (Å²) in [6.07, 6.45) is 2.90. The molecule has 1 aromatic heterocycles. The van der Waals surface area contributed by atoms with Crippen LogP contribution in [0.1, 0.15) is 11.3 Å². The maximum Gasteiger partial charge on any atom is 0.126 e. The highest BCUT2D eigenvalue weighted by Crippen LogP contribution is 2.08. The number of aromatic nitrogens is 3. The third-order valence-corrected chi connectivity index (χ3v) is 2.13. The van der Waals surface area contributed by atoms with E-state index in [9.17, 15) is 4.79 Å². The molecule has 0 N–H and O–H groups in total. The van der Waals surface area contributed by atoms with Crippen LogP contribution in [0.5, 0.6) is 0 Å². The van der Waals surface area contributed by atoms with E-state index in [0.717, 1.165) is 12.0 Å². The van der Waals surface area contributed by atoms with Crippen LogP contribution < -0.4 is 0 Å². The van der Waals surface area contributed by atoms with E-state index in [1.54, 1.807) is 10.9 Å². The van der Waals surface area contributed by atoms with E-state index in [-0.39, 0.29) is 0 Å². The minimum Gasteiger partial charge on any atom is -0.303 e. The molecule has 0 bridgehead atoms. The van der Waals surface area contributed by atoms with Crippen LogP contribution in [0.15, 0.2) is 30.5 Å². The first-order chi connectivity index (χ1) is 7.29. The fourth-order valence-electron chi connectivity index (χ4n) is 1.30. The van der Waals surface area contributed by atoms with E-state index in [0.29, 0.717) is 12.1 Å². The van der Waals surface area contributed by atoms with Gasteiger partial charge in [0.2, 0.25) is 0 Å². The van der Waals surface area contributed by atoms with Gasteiger partial charge in [-0.25, -0.2) is 4.68 Å². The Bertz CT molecular complexity index is 459. The van der Waals surface area contributed by atoms with Crippen LogP contribution in [0.3, 0.4) is 0 Å². The van der Waals surface area contributed by atoms with Gasteiger partial charge in [-0.05, 0) is 19.1 Å². The van der Waals surface area contributed by atoms with Gasteiger partial charge in [-0.3, -0.25) is 0 Å². The first kappa shape index (κ1) is 9.58. The van der Waals surface area contributed by atoms with Crippen LogP contribution >= 0.6 is 0 Å². The molecule has 0 aliphatic carbocycles. The van der Waals surface area contributed by atoms with Gasteiger partial charge >= 0.3 is 0 Å². The highest BCUT2D eigenvalue weighted by atomic mass is 16.1. The lowest BCUT2D eigenvalue weighted by Crippen LogP contribution is -1.94. The lowest BCUT2D eigenvalue weighted by molar-refractivity contribution is -0.107. The third kappa shape index (κ3) is 2.10. The van der Waals surface area contributed by atoms with Crippen molar-refractivity contribution >= 4 is 6.29 Å². The van der Waals surface area contributed by atoms with Crippen LogP contribution in [0.25, 0.3) is 5.69 Å². The van der Waals surface area contributed by atoms with Gasteiger partial charge in [0.1, 0.15) is 6.29 Å². The molecule has 0 unspecified atom stereocenters. The lowest BCUT2D eigenvalue weighted by atomic mass is 10.2. The van der Waals surface area contributed by atoms with Crippen molar-refractivity contribution < 1.29 is 4.79 Å². The van der Waals surface area contributed by atoms with Crippen molar-refractivity contribution in [3.63, 3.8) is 0 Å². The Morgan fingerprint density at radius 3 is 2.73 bits per heavy atom. The highest BCUT2D eigenvalue weighted by molar-refractivity contribution is 5.53. The van der Waals surface area contributed by atoms with Crippen LogP contribution in [-0.2, 0) is 11.2 Å². The maximum absolute atomic E-state index is 10.3. The number of hydrogen-bond acceptors (Lipinski definition) is 3. The van der Waals surface area contributed by atoms with Crippen molar-refractivity contribution in [2.24, 2.45) is 0 Å². The van der Waals surface area contributed by atoms with Gasteiger partial charge in [-0.15, -0.1) is 5.10 Å². The standard InChI is InChI=1S/C11H11N3O/c1-9-2-4-11(5-3-9)14-8-10(6-7-15)12-13-14/h2-5,7-8H,6H2,1H3. The average molecular weight is 201 g/mol. The zero-order valence-electron chi connectivity index (χ0n) is 8.42. The number of hydrogen-bond donors (Lipinski definition) is 0. The molecule has 0 atom stereocenters. The minimum atomic E-state index is 0.311. The molecule has 76 valence electrons. The number of nitrogens with zero attached hydrogens (tertiary/aromatic N) is 3. The van der Waals surface area contributed by atoms with E-state index in [4.69, 9.17) is 0 Å². The van der Waals surface area contributed by atoms with Crippen LogP contribution in [-0.4, -0.2) is 21.3 Å². The Morgan fingerprint density at radius 1 is 1.33 bits per heavy atom. The fraction of sp³-hybridized carbons (Fsp3) is 0.182. The molecule has 0 fully saturated rings. The van der Waals surface area contributed by atoms with Gasteiger partial charge in [0.15, 0.2) is 0 Å². The van der Waals surface area contributed by atoms with E-state index in [1.165, 1.54) is 5.56 Å². The molecule has 0 amide bonds. The Kier molecular flexibility index (Phi) is 2.58. The van der Waals surface area contributed by atoms with Crippen molar-refractivity contribution in [3.8, 4) is 5.69 Å². The molecule has 0 saturated carbocycles. The molecule has 0 spiro atoms. The van der Waals surface area contributed by atoms with Gasteiger partial charge in [-0.2, -0.15) is 0 Å². The molecule has 2 rings (SSSR count). The topological polar surface area (TPSA) is 47.8 Å². The minimum absolute atomic E-state index is 0.311. The van der Waals surface area contributed by atoms with Crippen molar-refractivity contribution in [2.45, 2.75) is 13.3 Å². The number of carbonyl (C=O) groups is 1. The predicted octanol–water partition coefficient (Wildman–Crippen LogP) is 1.32. The van der Waals surface area contributed by atoms with Crippen molar-refractivity contribution in [1.29, 1.82) is 0 Å². The second kappa shape index (κ2) is 4.04. The summed E-state index contributed by atoms with van der Waals surface area (Å²) in [5.41, 5.74) is 2.84. The van der Waals surface area contributed by atoms with Crippen molar-refractivity contribution in [2.75, 3.05) is 0 Å². The van der Waals surface area contributed by atoms with Crippen molar-refractivity contribution in [1.82, 2.24) is 15.0 Å². The molecule has 2 aromatic rings. The molecular weight excluding hydrogens is 190 g/mol. The number of rotatable bonds is 3. The van der Waals surface area contributed by atoms with Gasteiger partial charge in [0.05, 0.1) is 17.6 Å². The fourth-order valence-corrected chi connectivity index (χ4v) is 1.30. The van der Waals surface area contributed by atoms with E-state index in [2.05, 4.69) is 10.3 Å². The molecular formula is C11H11N3O. The van der Waals surface area contributed by atoms with Crippen LogP contribution in [0.2, 0.25) is 0 Å². The maximum atomic E-state index is 10.3. The Balaban J connectivity index is 2.28. The van der Waals surface area contributed by atoms with Crippen molar-refractivity contribution in [3.05, 3.63) is 41.7 Å². The largest absolute Gasteiger partial charge is 0.303 e. The van der Waals surface area contributed by atoms with Crippen LogP contribution in [0, 0.1) is 6.92 Å². The third-order valence-electron chi connectivity index (χ3n) is 2.13. The summed E-state index contributed by atoms with van der Waals surface area (Å²) in [6.45, 7) is 2.03. The second-order valence-corrected chi connectivity index (χ2v) is 3.36. The lowest BCUT2D eigenvalue weighted by Gasteiger charge is -1.99. The number of aryl methyl sites for hydroxylation is 1. The number of carbonyl (C=O) groups excluding carboxylic acids is 1. The smallest absolute Gasteiger partial charge is 0.126 e. The monoisotopic (exact) mass is 201 g/mol. The molecule has 0 aliphatic rings. The molecule has 1 aromatic carbocycles. The zero-order valence-corrected chi connectivity index (χ0v) is 8.42. The Morgan fingerprint density at radius 2 is 2.07 bits per heavy atom. The second-order valence-electron chi connectivity index (χ2n) is 3.36. The van der Waals surface area contributed by atoms with Gasteiger partial charge < -0.3 is 4.79 Å². The normalized spacial score (nSPS) is 10.2. The molecule has 4 nitrogen and oxygen atoms in total. The Hall–Kier alpha value is -1.97. The summed E-state index contributed by atoms with van der Waals surface area (Å²) in [5.74, 6) is 0. The first-order valence-electron chi connectivity index (χ1n) is 4.71. The van der Waals surface area contributed by atoms with Gasteiger partial charge in [0.25, 0.3) is 0 Å². The first-order valence-corrected chi connectivity index (χ1v) is 4.71. The van der Waals surface area contributed by atoms with Gasteiger partial charge in [0, 0.05) is 6.42 Å². The summed E-state index contributed by atoms with van der Waals surface area (Å²) >= 11 is 0. The van der Waals surface area contributed by atoms with Crippen LogP contribution in [0.4, 0.5) is 0 Å². The zero-order chi connectivity index (χ0) is 10.7. The van der Waals surface area contributed by atoms with Gasteiger partial charge in [-0.1, -0.05) is 22.9 Å². The molecule has 0 aliphatic heterocycles. The summed E-state index contributed by atoms with van der Waals surface area (Å²) in [4.78, 5) is 10.3. The average Bonchev–Trinajstić information content (AvgIpc) is 2.68. The van der Waals surface area contributed by atoms with E-state index >= 15 is 0 Å². The van der Waals surface area contributed by atoms with E-state index in [1.807, 2.05) is 31.2 Å². The number of benzene rings is 1. The summed E-state index contributed by atoms with van der Waals surface area (Å²) in [7, 11) is 0. The predicted molar refractivity (Wildman–Crippen MR) is 55.9 cm³/mol. The highest BCUT2D eigenvalue weighted by Gasteiger charge is 2.01. The summed E-state index contributed by atoms with van der Waals surface area (Å²) in [6, 6.07) is 7.95.